The molecular formula is C26H34N6O4. The highest BCUT2D eigenvalue weighted by Gasteiger charge is 2.50. The van der Waals surface area contributed by atoms with Crippen LogP contribution in [0, 0.1) is 0 Å². The summed E-state index contributed by atoms with van der Waals surface area (Å²) < 4.78 is 11.7. The van der Waals surface area contributed by atoms with Crippen molar-refractivity contribution in [1.29, 1.82) is 0 Å². The molecule has 0 fully saturated rings. The van der Waals surface area contributed by atoms with Gasteiger partial charge in [0.2, 0.25) is 5.90 Å². The van der Waals surface area contributed by atoms with Crippen LogP contribution < -0.4 is 10.1 Å². The van der Waals surface area contributed by atoms with Gasteiger partial charge in [0, 0.05) is 42.2 Å². The molecule has 2 atom stereocenters. The number of carbonyl (C=O) groups is 1. The van der Waals surface area contributed by atoms with Crippen molar-refractivity contribution in [2.24, 2.45) is 10.1 Å². The monoisotopic (exact) mass is 494 g/mol. The van der Waals surface area contributed by atoms with Gasteiger partial charge in [-0.15, -0.1) is 0 Å². The normalized spacial score (nSPS) is 18.8. The molecule has 36 heavy (non-hydrogen) atoms. The van der Waals surface area contributed by atoms with Crippen LogP contribution in [0.25, 0.3) is 10.4 Å². The second-order valence-corrected chi connectivity index (χ2v) is 8.96. The highest BCUT2D eigenvalue weighted by atomic mass is 16.5. The Labute approximate surface area is 211 Å². The number of aliphatic imine (C=N–C) groups is 1. The summed E-state index contributed by atoms with van der Waals surface area (Å²) in [6.45, 7) is 3.68. The first-order valence-corrected chi connectivity index (χ1v) is 12.1. The van der Waals surface area contributed by atoms with Gasteiger partial charge in [-0.05, 0) is 69.3 Å². The van der Waals surface area contributed by atoms with Crippen LogP contribution in [-0.2, 0) is 16.0 Å². The van der Waals surface area contributed by atoms with Crippen molar-refractivity contribution in [1.82, 2.24) is 10.2 Å². The van der Waals surface area contributed by atoms with E-state index < -0.39 is 11.6 Å². The van der Waals surface area contributed by atoms with Crippen molar-refractivity contribution in [2.45, 2.75) is 37.8 Å². The van der Waals surface area contributed by atoms with E-state index in [1.807, 2.05) is 57.4 Å². The van der Waals surface area contributed by atoms with Gasteiger partial charge in [-0.3, -0.25) is 4.79 Å². The first-order chi connectivity index (χ1) is 17.4. The molecule has 0 spiro atoms. The molecule has 2 aromatic carbocycles. The molecule has 0 saturated carbocycles. The summed E-state index contributed by atoms with van der Waals surface area (Å²) in [5.74, 6) is 0.810. The Morgan fingerprint density at radius 3 is 2.69 bits per heavy atom. The van der Waals surface area contributed by atoms with E-state index >= 15 is 0 Å². The van der Waals surface area contributed by atoms with E-state index in [9.17, 15) is 4.79 Å². The molecule has 192 valence electrons. The summed E-state index contributed by atoms with van der Waals surface area (Å²) >= 11 is 0. The van der Waals surface area contributed by atoms with Crippen LogP contribution in [0.2, 0.25) is 0 Å². The van der Waals surface area contributed by atoms with E-state index in [-0.39, 0.29) is 18.9 Å². The van der Waals surface area contributed by atoms with E-state index in [2.05, 4.69) is 20.2 Å². The largest absolute Gasteiger partial charge is 0.494 e. The van der Waals surface area contributed by atoms with Crippen molar-refractivity contribution in [3.05, 3.63) is 70.1 Å². The molecule has 1 heterocycles. The first kappa shape index (κ1) is 27.0. The number of hydrogen-bond donors (Lipinski definition) is 2. The molecule has 2 aromatic rings. The highest BCUT2D eigenvalue weighted by molar-refractivity contribution is 6.01. The van der Waals surface area contributed by atoms with Gasteiger partial charge in [-0.25, -0.2) is 4.99 Å². The van der Waals surface area contributed by atoms with Crippen LogP contribution in [0.4, 0.5) is 5.69 Å². The minimum Gasteiger partial charge on any atom is -0.494 e. The van der Waals surface area contributed by atoms with Crippen LogP contribution in [0.3, 0.4) is 0 Å². The lowest BCUT2D eigenvalue weighted by Crippen LogP contribution is -2.52. The lowest BCUT2D eigenvalue weighted by atomic mass is 9.85. The number of aliphatic hydroxyl groups excluding tert-OH is 1. The third kappa shape index (κ3) is 6.75. The van der Waals surface area contributed by atoms with Gasteiger partial charge in [-0.2, -0.15) is 0 Å². The van der Waals surface area contributed by atoms with Gasteiger partial charge in [0.25, 0.3) is 5.91 Å². The maximum absolute atomic E-state index is 13.6. The van der Waals surface area contributed by atoms with Crippen LogP contribution in [-0.4, -0.2) is 73.9 Å². The predicted octanol–water partition coefficient (Wildman–Crippen LogP) is 3.60. The Bertz CT molecular complexity index is 1100. The Morgan fingerprint density at radius 2 is 2.00 bits per heavy atom. The molecule has 0 radical (unpaired) electrons. The zero-order valence-electron chi connectivity index (χ0n) is 21.1. The summed E-state index contributed by atoms with van der Waals surface area (Å²) in [4.78, 5) is 23.5. The number of hydrogen-bond acceptors (Lipinski definition) is 7. The number of amides is 1. The van der Waals surface area contributed by atoms with E-state index in [1.165, 1.54) is 0 Å². The number of carbonyl (C=O) groups excluding carboxylic acids is 1. The molecule has 1 aliphatic rings. The summed E-state index contributed by atoms with van der Waals surface area (Å²) in [5, 5.41) is 15.8. The molecule has 3 rings (SSSR count). The zero-order valence-corrected chi connectivity index (χ0v) is 21.1. The Hall–Kier alpha value is -3.59. The molecule has 10 nitrogen and oxygen atoms in total. The number of rotatable bonds is 13. The highest BCUT2D eigenvalue weighted by Crippen LogP contribution is 2.35. The molecule has 1 aliphatic heterocycles. The Balaban J connectivity index is 1.90. The van der Waals surface area contributed by atoms with Crippen molar-refractivity contribution < 1.29 is 19.4 Å². The fraction of sp³-hybridized carbons (Fsp3) is 0.462. The zero-order chi connectivity index (χ0) is 26.0. The van der Waals surface area contributed by atoms with Gasteiger partial charge in [0.1, 0.15) is 11.9 Å². The maximum atomic E-state index is 13.6. The SMILES string of the molecule is C[C@H]1OC(c2ccc(OCCCO)cc2)=N[C@@]1(Cc1ccccc1N=[N+]=[N-])C(=O)NCCCN(C)C. The van der Waals surface area contributed by atoms with Gasteiger partial charge >= 0.3 is 0 Å². The van der Waals surface area contributed by atoms with Crippen molar-refractivity contribution in [2.75, 3.05) is 40.4 Å². The lowest BCUT2D eigenvalue weighted by Gasteiger charge is -2.29. The lowest BCUT2D eigenvalue weighted by molar-refractivity contribution is -0.128. The average Bonchev–Trinajstić information content (AvgIpc) is 3.20. The number of nitrogens with one attached hydrogen (secondary N) is 1. The van der Waals surface area contributed by atoms with Crippen LogP contribution in [0.5, 0.6) is 5.75 Å². The molecule has 0 aromatic heterocycles. The molecule has 1 amide bonds. The molecule has 0 saturated heterocycles. The standard InChI is InChI=1S/C26H34N6O4/c1-19-26(25(34)28-14-6-15-32(2)3,18-21-8-4-5-9-23(21)30-31-27)29-24(36-19)20-10-12-22(13-11-20)35-17-7-16-33/h4-5,8-13,19,33H,6-7,14-18H2,1-3H3,(H,28,34)/t19-,26-/m1/s1. The number of nitrogens with zero attached hydrogens (tertiary/aromatic N) is 5. The van der Waals surface area contributed by atoms with Gasteiger partial charge < -0.3 is 24.8 Å². The number of aliphatic hydroxyl groups is 1. The number of azide groups is 1. The average molecular weight is 495 g/mol. The summed E-state index contributed by atoms with van der Waals surface area (Å²) in [6, 6.07) is 14.5. The predicted molar refractivity (Wildman–Crippen MR) is 139 cm³/mol. The second-order valence-electron chi connectivity index (χ2n) is 8.96. The molecule has 10 heteroatoms. The third-order valence-corrected chi connectivity index (χ3v) is 6.00. The fourth-order valence-electron chi connectivity index (χ4n) is 3.99. The van der Waals surface area contributed by atoms with E-state index in [1.54, 1.807) is 12.1 Å². The summed E-state index contributed by atoms with van der Waals surface area (Å²) in [5.41, 5.74) is 9.67. The Morgan fingerprint density at radius 1 is 1.25 bits per heavy atom. The van der Waals surface area contributed by atoms with E-state index in [0.29, 0.717) is 42.5 Å². The third-order valence-electron chi connectivity index (χ3n) is 6.00. The van der Waals surface area contributed by atoms with Crippen molar-refractivity contribution >= 4 is 17.5 Å². The van der Waals surface area contributed by atoms with Crippen LogP contribution in [0.15, 0.2) is 58.6 Å². The second kappa shape index (κ2) is 12.9. The smallest absolute Gasteiger partial charge is 0.252 e. The van der Waals surface area contributed by atoms with Crippen LogP contribution >= 0.6 is 0 Å². The topological polar surface area (TPSA) is 132 Å². The molecule has 0 bridgehead atoms. The maximum Gasteiger partial charge on any atom is 0.252 e. The summed E-state index contributed by atoms with van der Waals surface area (Å²) in [7, 11) is 3.98. The van der Waals surface area contributed by atoms with Crippen LogP contribution in [0.1, 0.15) is 30.9 Å². The number of benzene rings is 2. The molecule has 0 aliphatic carbocycles. The molecular weight excluding hydrogens is 460 g/mol. The minimum atomic E-state index is -1.23. The molecule has 0 unspecified atom stereocenters. The van der Waals surface area contributed by atoms with Gasteiger partial charge in [-0.1, -0.05) is 29.4 Å². The van der Waals surface area contributed by atoms with E-state index in [0.717, 1.165) is 18.5 Å². The quantitative estimate of drug-likeness (QED) is 0.190. The summed E-state index contributed by atoms with van der Waals surface area (Å²) in [6.07, 6.45) is 1.02. The van der Waals surface area contributed by atoms with Crippen molar-refractivity contribution in [3.8, 4) is 5.75 Å². The molecule has 2 N–H and O–H groups in total. The van der Waals surface area contributed by atoms with E-state index in [4.69, 9.17) is 25.1 Å². The van der Waals surface area contributed by atoms with Gasteiger partial charge in [0.15, 0.2) is 5.54 Å². The van der Waals surface area contributed by atoms with Crippen molar-refractivity contribution in [3.63, 3.8) is 0 Å². The van der Waals surface area contributed by atoms with Gasteiger partial charge in [0.05, 0.1) is 6.61 Å². The Kier molecular flexibility index (Phi) is 9.69. The first-order valence-electron chi connectivity index (χ1n) is 12.1. The fourth-order valence-corrected chi connectivity index (χ4v) is 3.99. The number of ether oxygens (including phenoxy) is 2. The minimum absolute atomic E-state index is 0.0721.